The summed E-state index contributed by atoms with van der Waals surface area (Å²) in [5.41, 5.74) is 7.88. The Morgan fingerprint density at radius 2 is 2.22 bits per heavy atom. The van der Waals surface area contributed by atoms with Gasteiger partial charge in [-0.25, -0.2) is 4.98 Å². The van der Waals surface area contributed by atoms with E-state index in [1.54, 1.807) is 16.0 Å². The second-order valence-electron chi connectivity index (χ2n) is 6.68. The van der Waals surface area contributed by atoms with Crippen LogP contribution in [0.3, 0.4) is 0 Å². The third kappa shape index (κ3) is 3.32. The van der Waals surface area contributed by atoms with Crippen LogP contribution in [0, 0.1) is 11.3 Å². The number of piperidine rings is 1. The zero-order chi connectivity index (χ0) is 19.0. The summed E-state index contributed by atoms with van der Waals surface area (Å²) in [6, 6.07) is 9.54. The van der Waals surface area contributed by atoms with Crippen LogP contribution in [0.5, 0.6) is 0 Å². The number of hydrogen-bond acceptors (Lipinski definition) is 6. The molecule has 1 aliphatic heterocycles. The van der Waals surface area contributed by atoms with E-state index in [2.05, 4.69) is 11.0 Å². The van der Waals surface area contributed by atoms with Gasteiger partial charge in [-0.15, -0.1) is 11.3 Å². The van der Waals surface area contributed by atoms with Gasteiger partial charge in [-0.1, -0.05) is 29.8 Å². The number of rotatable bonds is 3. The van der Waals surface area contributed by atoms with Gasteiger partial charge in [0.15, 0.2) is 0 Å². The third-order valence-electron chi connectivity index (χ3n) is 4.82. The molecule has 138 valence electrons. The van der Waals surface area contributed by atoms with E-state index in [9.17, 15) is 10.1 Å². The van der Waals surface area contributed by atoms with Crippen LogP contribution in [-0.4, -0.2) is 28.7 Å². The lowest BCUT2D eigenvalue weighted by Gasteiger charge is -2.33. The molecular weight excluding hydrogens is 382 g/mol. The Kier molecular flexibility index (Phi) is 4.87. The van der Waals surface area contributed by atoms with Crippen molar-refractivity contribution in [3.8, 4) is 6.07 Å². The highest BCUT2D eigenvalue weighted by Gasteiger charge is 2.24. The van der Waals surface area contributed by atoms with Crippen LogP contribution in [0.25, 0.3) is 10.2 Å². The fourth-order valence-electron chi connectivity index (χ4n) is 3.47. The van der Waals surface area contributed by atoms with Crippen LogP contribution in [0.2, 0.25) is 5.02 Å². The molecule has 6 nitrogen and oxygen atoms in total. The van der Waals surface area contributed by atoms with Gasteiger partial charge in [0, 0.05) is 24.5 Å². The Morgan fingerprint density at radius 1 is 1.41 bits per heavy atom. The first-order valence-electron chi connectivity index (χ1n) is 8.74. The summed E-state index contributed by atoms with van der Waals surface area (Å²) < 4.78 is 2.17. The number of thiophene rings is 1. The maximum Gasteiger partial charge on any atom is 0.273 e. The molecule has 0 aliphatic carbocycles. The van der Waals surface area contributed by atoms with Gasteiger partial charge >= 0.3 is 0 Å². The minimum absolute atomic E-state index is 0.0455. The summed E-state index contributed by atoms with van der Waals surface area (Å²) in [6.45, 7) is 1.70. The molecule has 0 bridgehead atoms. The molecule has 2 aromatic heterocycles. The van der Waals surface area contributed by atoms with Gasteiger partial charge in [0.05, 0.1) is 23.2 Å². The fourth-order valence-corrected chi connectivity index (χ4v) is 4.61. The largest absolute Gasteiger partial charge is 0.341 e. The van der Waals surface area contributed by atoms with Gasteiger partial charge in [0.2, 0.25) is 5.95 Å². The zero-order valence-corrected chi connectivity index (χ0v) is 16.1. The van der Waals surface area contributed by atoms with E-state index in [1.807, 2.05) is 18.2 Å². The lowest BCUT2D eigenvalue weighted by atomic mass is 10.1. The number of benzene rings is 1. The van der Waals surface area contributed by atoms with Crippen LogP contribution in [-0.2, 0) is 6.54 Å². The average molecular weight is 400 g/mol. The Bertz CT molecular complexity index is 1100. The standard InChI is InChI=1S/C19H18ClN5OS/c20-15-11-27-17-16(15)23-19(24-7-3-6-14(22)10-24)25(18(17)26)9-13-5-2-1-4-12(13)8-21/h1-2,4-5,11,14H,3,6-7,9-10,22H2. The molecule has 3 aromatic rings. The molecule has 1 fully saturated rings. The van der Waals surface area contributed by atoms with Crippen molar-refractivity contribution in [1.29, 1.82) is 5.26 Å². The van der Waals surface area contributed by atoms with Crippen LogP contribution in [0.4, 0.5) is 5.95 Å². The van der Waals surface area contributed by atoms with Crippen molar-refractivity contribution in [2.24, 2.45) is 5.73 Å². The highest BCUT2D eigenvalue weighted by Crippen LogP contribution is 2.29. The summed E-state index contributed by atoms with van der Waals surface area (Å²) in [5, 5.41) is 11.6. The second-order valence-corrected chi connectivity index (χ2v) is 7.97. The summed E-state index contributed by atoms with van der Waals surface area (Å²) in [4.78, 5) is 20.0. The smallest absolute Gasteiger partial charge is 0.273 e. The SMILES string of the molecule is N#Cc1ccccc1Cn1c(N2CCCC(N)C2)nc2c(Cl)csc2c1=O. The number of anilines is 1. The average Bonchev–Trinajstić information content (AvgIpc) is 3.05. The van der Waals surface area contributed by atoms with Gasteiger partial charge in [-0.05, 0) is 24.5 Å². The van der Waals surface area contributed by atoms with Gasteiger partial charge in [0.25, 0.3) is 5.56 Å². The number of halogens is 1. The van der Waals surface area contributed by atoms with Crippen molar-refractivity contribution in [3.05, 3.63) is 56.1 Å². The molecule has 4 rings (SSSR count). The van der Waals surface area contributed by atoms with E-state index in [-0.39, 0.29) is 18.1 Å². The molecule has 1 atom stereocenters. The van der Waals surface area contributed by atoms with Gasteiger partial charge in [0.1, 0.15) is 10.2 Å². The minimum atomic E-state index is -0.140. The van der Waals surface area contributed by atoms with Crippen LogP contribution in [0.1, 0.15) is 24.0 Å². The topological polar surface area (TPSA) is 87.9 Å². The van der Waals surface area contributed by atoms with E-state index < -0.39 is 0 Å². The van der Waals surface area contributed by atoms with Gasteiger partial charge < -0.3 is 10.6 Å². The third-order valence-corrected chi connectivity index (χ3v) is 6.20. The van der Waals surface area contributed by atoms with Crippen molar-refractivity contribution in [2.45, 2.75) is 25.4 Å². The lowest BCUT2D eigenvalue weighted by molar-refractivity contribution is 0.492. The Morgan fingerprint density at radius 3 is 3.00 bits per heavy atom. The van der Waals surface area contributed by atoms with E-state index in [1.165, 1.54) is 11.3 Å². The van der Waals surface area contributed by atoms with E-state index in [0.29, 0.717) is 33.3 Å². The highest BCUT2D eigenvalue weighted by atomic mass is 35.5. The predicted molar refractivity (Wildman–Crippen MR) is 109 cm³/mol. The molecule has 1 saturated heterocycles. The maximum atomic E-state index is 13.2. The van der Waals surface area contributed by atoms with Crippen molar-refractivity contribution in [1.82, 2.24) is 9.55 Å². The van der Waals surface area contributed by atoms with E-state index in [4.69, 9.17) is 22.3 Å². The number of nitrogens with zero attached hydrogens (tertiary/aromatic N) is 4. The van der Waals surface area contributed by atoms with E-state index >= 15 is 0 Å². The monoisotopic (exact) mass is 399 g/mol. The molecule has 0 spiro atoms. The molecular formula is C19H18ClN5OS. The van der Waals surface area contributed by atoms with Gasteiger partial charge in [-0.2, -0.15) is 5.26 Å². The second kappa shape index (κ2) is 7.31. The molecule has 1 aliphatic rings. The van der Waals surface area contributed by atoms with Crippen LogP contribution < -0.4 is 16.2 Å². The molecule has 1 aromatic carbocycles. The number of nitriles is 1. The lowest BCUT2D eigenvalue weighted by Crippen LogP contribution is -2.45. The van der Waals surface area contributed by atoms with Crippen molar-refractivity contribution < 1.29 is 0 Å². The molecule has 1 unspecified atom stereocenters. The maximum absolute atomic E-state index is 13.2. The summed E-state index contributed by atoms with van der Waals surface area (Å²) in [6.07, 6.45) is 1.90. The number of hydrogen-bond donors (Lipinski definition) is 1. The van der Waals surface area contributed by atoms with Crippen LogP contribution >= 0.6 is 22.9 Å². The first-order valence-corrected chi connectivity index (χ1v) is 10.0. The molecule has 3 heterocycles. The number of fused-ring (bicyclic) bond motifs is 1. The molecule has 2 N–H and O–H groups in total. The Hall–Kier alpha value is -2.40. The molecule has 27 heavy (non-hydrogen) atoms. The quantitative estimate of drug-likeness (QED) is 0.731. The Balaban J connectivity index is 1.89. The van der Waals surface area contributed by atoms with E-state index in [0.717, 1.165) is 24.9 Å². The first kappa shape index (κ1) is 18.0. The zero-order valence-electron chi connectivity index (χ0n) is 14.6. The molecule has 0 amide bonds. The van der Waals surface area contributed by atoms with Crippen molar-refractivity contribution in [2.75, 3.05) is 18.0 Å². The summed E-state index contributed by atoms with van der Waals surface area (Å²) in [5.74, 6) is 0.565. The van der Waals surface area contributed by atoms with Crippen molar-refractivity contribution in [3.63, 3.8) is 0 Å². The highest BCUT2D eigenvalue weighted by molar-refractivity contribution is 7.17. The van der Waals surface area contributed by atoms with Crippen molar-refractivity contribution >= 4 is 39.1 Å². The Labute approximate surface area is 165 Å². The number of aromatic nitrogens is 2. The summed E-state index contributed by atoms with van der Waals surface area (Å²) in [7, 11) is 0. The summed E-state index contributed by atoms with van der Waals surface area (Å²) >= 11 is 7.55. The normalized spacial score (nSPS) is 17.2. The number of nitrogens with two attached hydrogens (primary N) is 1. The molecule has 8 heteroatoms. The molecule has 0 saturated carbocycles. The first-order chi connectivity index (χ1) is 13.1. The predicted octanol–water partition coefficient (Wildman–Crippen LogP) is 2.96. The van der Waals surface area contributed by atoms with Crippen LogP contribution in [0.15, 0.2) is 34.4 Å². The fraction of sp³-hybridized carbons (Fsp3) is 0.316. The molecule has 0 radical (unpaired) electrons. The minimum Gasteiger partial charge on any atom is -0.341 e. The van der Waals surface area contributed by atoms with Gasteiger partial charge in [-0.3, -0.25) is 9.36 Å².